The molecule has 0 amide bonds. The van der Waals surface area contributed by atoms with Gasteiger partial charge in [0, 0.05) is 17.8 Å². The van der Waals surface area contributed by atoms with Crippen LogP contribution in [0.15, 0.2) is 24.7 Å². The first-order chi connectivity index (χ1) is 7.16. The summed E-state index contributed by atoms with van der Waals surface area (Å²) < 4.78 is 0. The van der Waals surface area contributed by atoms with Crippen molar-refractivity contribution in [2.75, 3.05) is 11.5 Å². The summed E-state index contributed by atoms with van der Waals surface area (Å²) in [6.07, 6.45) is 2.97. The highest BCUT2D eigenvalue weighted by atomic mass is 35.5. The molecule has 0 unspecified atom stereocenters. The number of anilines is 2. The van der Waals surface area contributed by atoms with Gasteiger partial charge in [0.05, 0.1) is 11.4 Å². The molecule has 0 saturated heterocycles. The van der Waals surface area contributed by atoms with E-state index in [1.807, 2.05) is 0 Å². The maximum Gasteiger partial charge on any atom is 0.151 e. The number of hydrogen-bond acceptors (Lipinski definition) is 5. The van der Waals surface area contributed by atoms with Crippen LogP contribution in [0.5, 0.6) is 0 Å². The van der Waals surface area contributed by atoms with Gasteiger partial charge in [-0.3, -0.25) is 0 Å². The van der Waals surface area contributed by atoms with Crippen molar-refractivity contribution < 1.29 is 0 Å². The Labute approximate surface area is 91.1 Å². The standard InChI is InChI=1S/C9H8ClN5/c10-9-6(11)1-5(3-13-9)7-2-8(12)15-4-14-7/h1-4H,11H2,(H2,12,14,15). The first-order valence-electron chi connectivity index (χ1n) is 4.16. The van der Waals surface area contributed by atoms with E-state index in [1.54, 1.807) is 18.3 Å². The molecule has 76 valence electrons. The molecule has 15 heavy (non-hydrogen) atoms. The SMILES string of the molecule is Nc1cc(-c2cnc(Cl)c(N)c2)ncn1. The Morgan fingerprint density at radius 3 is 2.53 bits per heavy atom. The lowest BCUT2D eigenvalue weighted by Gasteiger charge is -2.02. The van der Waals surface area contributed by atoms with Crippen LogP contribution < -0.4 is 11.5 Å². The van der Waals surface area contributed by atoms with Gasteiger partial charge in [-0.15, -0.1) is 0 Å². The van der Waals surface area contributed by atoms with Crippen LogP contribution in [0, 0.1) is 0 Å². The fourth-order valence-corrected chi connectivity index (χ4v) is 1.24. The fraction of sp³-hybridized carbons (Fsp3) is 0. The third kappa shape index (κ3) is 1.97. The van der Waals surface area contributed by atoms with Crippen molar-refractivity contribution in [1.82, 2.24) is 15.0 Å². The Morgan fingerprint density at radius 1 is 1.07 bits per heavy atom. The van der Waals surface area contributed by atoms with Crippen molar-refractivity contribution >= 4 is 23.1 Å². The van der Waals surface area contributed by atoms with Crippen LogP contribution in [0.2, 0.25) is 5.15 Å². The molecule has 0 radical (unpaired) electrons. The number of aromatic nitrogens is 3. The summed E-state index contributed by atoms with van der Waals surface area (Å²) in [5.41, 5.74) is 13.0. The van der Waals surface area contributed by atoms with E-state index in [1.165, 1.54) is 6.33 Å². The molecule has 5 nitrogen and oxygen atoms in total. The molecule has 2 aromatic rings. The summed E-state index contributed by atoms with van der Waals surface area (Å²) in [7, 11) is 0. The van der Waals surface area contributed by atoms with E-state index < -0.39 is 0 Å². The highest BCUT2D eigenvalue weighted by molar-refractivity contribution is 6.31. The Kier molecular flexibility index (Phi) is 2.39. The van der Waals surface area contributed by atoms with Crippen molar-refractivity contribution in [1.29, 1.82) is 0 Å². The minimum atomic E-state index is 0.278. The van der Waals surface area contributed by atoms with Gasteiger partial charge in [-0.1, -0.05) is 11.6 Å². The highest BCUT2D eigenvalue weighted by Gasteiger charge is 2.04. The quantitative estimate of drug-likeness (QED) is 0.710. The van der Waals surface area contributed by atoms with Gasteiger partial charge in [0.1, 0.15) is 12.1 Å². The molecule has 0 aliphatic carbocycles. The van der Waals surface area contributed by atoms with Gasteiger partial charge in [0.2, 0.25) is 0 Å². The monoisotopic (exact) mass is 221 g/mol. The number of halogens is 1. The van der Waals surface area contributed by atoms with Crippen molar-refractivity contribution in [2.45, 2.75) is 0 Å². The number of nitrogen functional groups attached to an aromatic ring is 2. The van der Waals surface area contributed by atoms with Crippen LogP contribution in [0.3, 0.4) is 0 Å². The minimum absolute atomic E-state index is 0.278. The molecule has 0 atom stereocenters. The second-order valence-corrected chi connectivity index (χ2v) is 3.29. The van der Waals surface area contributed by atoms with E-state index in [4.69, 9.17) is 23.1 Å². The van der Waals surface area contributed by atoms with E-state index in [0.717, 1.165) is 5.56 Å². The zero-order valence-electron chi connectivity index (χ0n) is 7.68. The van der Waals surface area contributed by atoms with Crippen LogP contribution in [0.4, 0.5) is 11.5 Å². The lowest BCUT2D eigenvalue weighted by molar-refractivity contribution is 1.17. The molecular formula is C9H8ClN5. The predicted octanol–water partition coefficient (Wildman–Crippen LogP) is 1.36. The van der Waals surface area contributed by atoms with E-state index >= 15 is 0 Å². The van der Waals surface area contributed by atoms with E-state index in [2.05, 4.69) is 15.0 Å². The van der Waals surface area contributed by atoms with Gasteiger partial charge in [-0.2, -0.15) is 0 Å². The molecule has 0 fully saturated rings. The van der Waals surface area contributed by atoms with E-state index in [9.17, 15) is 0 Å². The summed E-state index contributed by atoms with van der Waals surface area (Å²) in [6.45, 7) is 0. The Bertz CT molecular complexity index is 500. The summed E-state index contributed by atoms with van der Waals surface area (Å²) in [6, 6.07) is 3.33. The van der Waals surface area contributed by atoms with Gasteiger partial charge >= 0.3 is 0 Å². The highest BCUT2D eigenvalue weighted by Crippen LogP contribution is 2.23. The van der Waals surface area contributed by atoms with Gasteiger partial charge in [0.25, 0.3) is 0 Å². The lowest BCUT2D eigenvalue weighted by Crippen LogP contribution is -1.95. The minimum Gasteiger partial charge on any atom is -0.396 e. The summed E-state index contributed by atoms with van der Waals surface area (Å²) in [4.78, 5) is 11.8. The number of pyridine rings is 1. The molecule has 2 heterocycles. The van der Waals surface area contributed by atoms with Crippen molar-refractivity contribution in [2.24, 2.45) is 0 Å². The fourth-order valence-electron chi connectivity index (χ4n) is 1.14. The normalized spacial score (nSPS) is 10.2. The zero-order chi connectivity index (χ0) is 10.8. The second kappa shape index (κ2) is 3.70. The number of nitrogens with two attached hydrogens (primary N) is 2. The average molecular weight is 222 g/mol. The van der Waals surface area contributed by atoms with Crippen LogP contribution in [0.25, 0.3) is 11.3 Å². The molecule has 0 spiro atoms. The van der Waals surface area contributed by atoms with Crippen molar-refractivity contribution in [3.05, 3.63) is 29.8 Å². The zero-order valence-corrected chi connectivity index (χ0v) is 8.44. The van der Waals surface area contributed by atoms with Crippen LogP contribution in [0.1, 0.15) is 0 Å². The maximum absolute atomic E-state index is 5.71. The van der Waals surface area contributed by atoms with Crippen LogP contribution in [-0.2, 0) is 0 Å². The molecule has 0 aliphatic rings. The maximum atomic E-state index is 5.71. The summed E-state index contributed by atoms with van der Waals surface area (Å²) in [5, 5.41) is 0.278. The Hall–Kier alpha value is -1.88. The number of hydrogen-bond donors (Lipinski definition) is 2. The summed E-state index contributed by atoms with van der Waals surface area (Å²) >= 11 is 5.71. The topological polar surface area (TPSA) is 90.7 Å². The molecule has 2 rings (SSSR count). The van der Waals surface area contributed by atoms with Gasteiger partial charge in [0.15, 0.2) is 5.15 Å². The number of nitrogens with zero attached hydrogens (tertiary/aromatic N) is 3. The second-order valence-electron chi connectivity index (χ2n) is 2.93. The molecule has 0 saturated carbocycles. The molecule has 6 heteroatoms. The largest absolute Gasteiger partial charge is 0.396 e. The van der Waals surface area contributed by atoms with Crippen molar-refractivity contribution in [3.8, 4) is 11.3 Å². The van der Waals surface area contributed by atoms with Crippen LogP contribution in [-0.4, -0.2) is 15.0 Å². The third-order valence-electron chi connectivity index (χ3n) is 1.85. The molecule has 0 aliphatic heterocycles. The Morgan fingerprint density at radius 2 is 1.87 bits per heavy atom. The molecule has 0 aromatic carbocycles. The number of rotatable bonds is 1. The van der Waals surface area contributed by atoms with Gasteiger partial charge in [-0.25, -0.2) is 15.0 Å². The molecular weight excluding hydrogens is 214 g/mol. The average Bonchev–Trinajstić information content (AvgIpc) is 2.22. The molecule has 2 aromatic heterocycles. The first kappa shape index (κ1) is 9.67. The molecule has 4 N–H and O–H groups in total. The van der Waals surface area contributed by atoms with E-state index in [-0.39, 0.29) is 5.15 Å². The van der Waals surface area contributed by atoms with E-state index in [0.29, 0.717) is 17.2 Å². The molecule has 0 bridgehead atoms. The third-order valence-corrected chi connectivity index (χ3v) is 2.17. The van der Waals surface area contributed by atoms with Gasteiger partial charge in [-0.05, 0) is 6.07 Å². The van der Waals surface area contributed by atoms with Gasteiger partial charge < -0.3 is 11.5 Å². The Balaban J connectivity index is 2.50. The predicted molar refractivity (Wildman–Crippen MR) is 59.1 cm³/mol. The van der Waals surface area contributed by atoms with Crippen LogP contribution >= 0.6 is 11.6 Å². The first-order valence-corrected chi connectivity index (χ1v) is 4.53. The van der Waals surface area contributed by atoms with Crippen molar-refractivity contribution in [3.63, 3.8) is 0 Å². The summed E-state index contributed by atoms with van der Waals surface area (Å²) in [5.74, 6) is 0.397. The smallest absolute Gasteiger partial charge is 0.151 e. The lowest BCUT2D eigenvalue weighted by atomic mass is 10.2.